The van der Waals surface area contributed by atoms with Crippen LogP contribution >= 0.6 is 22.6 Å². The van der Waals surface area contributed by atoms with Gasteiger partial charge in [0.1, 0.15) is 12.4 Å². The molecule has 22 heavy (non-hydrogen) atoms. The molecule has 1 aromatic carbocycles. The molecule has 2 rings (SSSR count). The molecule has 0 bridgehead atoms. The van der Waals surface area contributed by atoms with Crippen molar-refractivity contribution in [2.75, 3.05) is 20.3 Å². The molecule has 0 fully saturated rings. The molecule has 0 aliphatic heterocycles. The van der Waals surface area contributed by atoms with Gasteiger partial charge in [0.15, 0.2) is 0 Å². The topological polar surface area (TPSA) is 45.5 Å². The predicted octanol–water partition coefficient (Wildman–Crippen LogP) is 3.40. The Morgan fingerprint density at radius 3 is 2.45 bits per heavy atom. The van der Waals surface area contributed by atoms with E-state index in [2.05, 4.69) is 32.4 Å². The zero-order chi connectivity index (χ0) is 16.2. The van der Waals surface area contributed by atoms with Gasteiger partial charge in [-0.15, -0.1) is 18.3 Å². The number of alkyl halides is 3. The fourth-order valence-corrected chi connectivity index (χ4v) is 2.12. The molecule has 1 heterocycles. The van der Waals surface area contributed by atoms with Crippen molar-refractivity contribution in [3.05, 3.63) is 34.0 Å². The van der Waals surface area contributed by atoms with Gasteiger partial charge in [-0.2, -0.15) is 0 Å². The monoisotopic (exact) mass is 428 g/mol. The summed E-state index contributed by atoms with van der Waals surface area (Å²) in [5.74, 6) is 0.155. The molecular formula is C13H12F3IN2O3. The van der Waals surface area contributed by atoms with E-state index >= 15 is 0 Å². The molecule has 0 spiro atoms. The molecule has 0 atom stereocenters. The quantitative estimate of drug-likeness (QED) is 0.523. The van der Waals surface area contributed by atoms with Crippen LogP contribution in [-0.2, 0) is 4.74 Å². The summed E-state index contributed by atoms with van der Waals surface area (Å²) in [5.41, 5.74) is 0.592. The van der Waals surface area contributed by atoms with Gasteiger partial charge in [-0.1, -0.05) is 0 Å². The Bertz CT molecular complexity index is 614. The van der Waals surface area contributed by atoms with Gasteiger partial charge in [0.25, 0.3) is 0 Å². The third-order valence-corrected chi connectivity index (χ3v) is 3.24. The van der Waals surface area contributed by atoms with E-state index in [9.17, 15) is 13.2 Å². The Labute approximate surface area is 138 Å². The van der Waals surface area contributed by atoms with Crippen molar-refractivity contribution in [1.82, 2.24) is 9.78 Å². The Hall–Kier alpha value is -1.49. The van der Waals surface area contributed by atoms with E-state index in [0.29, 0.717) is 24.8 Å². The molecule has 9 heteroatoms. The first-order valence-corrected chi connectivity index (χ1v) is 7.20. The fourth-order valence-electron chi connectivity index (χ4n) is 1.59. The second-order valence-electron chi connectivity index (χ2n) is 4.11. The largest absolute Gasteiger partial charge is 0.573 e. The van der Waals surface area contributed by atoms with E-state index in [1.807, 2.05) is 0 Å². The van der Waals surface area contributed by atoms with Crippen LogP contribution in [0.25, 0.3) is 5.69 Å². The van der Waals surface area contributed by atoms with Crippen LogP contribution in [0, 0.1) is 3.57 Å². The molecule has 0 unspecified atom stereocenters. The van der Waals surface area contributed by atoms with Crippen LogP contribution in [-0.4, -0.2) is 36.5 Å². The lowest BCUT2D eigenvalue weighted by Gasteiger charge is -2.09. The Kier molecular flexibility index (Phi) is 5.51. The highest BCUT2D eigenvalue weighted by molar-refractivity contribution is 14.1. The third-order valence-electron chi connectivity index (χ3n) is 2.50. The third kappa shape index (κ3) is 4.77. The van der Waals surface area contributed by atoms with Crippen LogP contribution in [0.5, 0.6) is 11.6 Å². The molecule has 5 nitrogen and oxygen atoms in total. The van der Waals surface area contributed by atoms with Crippen LogP contribution in [0.4, 0.5) is 13.2 Å². The molecule has 0 radical (unpaired) electrons. The van der Waals surface area contributed by atoms with Crippen molar-refractivity contribution in [2.45, 2.75) is 6.36 Å². The van der Waals surface area contributed by atoms with Gasteiger partial charge in [0.05, 0.1) is 15.9 Å². The SMILES string of the molecule is COCCOc1nn(-c2ccc(OC(F)(F)F)cc2)cc1I. The van der Waals surface area contributed by atoms with Crippen LogP contribution in [0.2, 0.25) is 0 Å². The number of methoxy groups -OCH3 is 1. The van der Waals surface area contributed by atoms with E-state index in [1.54, 1.807) is 13.3 Å². The highest BCUT2D eigenvalue weighted by atomic mass is 127. The summed E-state index contributed by atoms with van der Waals surface area (Å²) < 4.78 is 52.7. The highest BCUT2D eigenvalue weighted by Gasteiger charge is 2.30. The van der Waals surface area contributed by atoms with E-state index in [-0.39, 0.29) is 5.75 Å². The molecule has 0 amide bonds. The first-order valence-electron chi connectivity index (χ1n) is 6.12. The minimum absolute atomic E-state index is 0.283. The number of hydrogen-bond donors (Lipinski definition) is 0. The Morgan fingerprint density at radius 2 is 1.86 bits per heavy atom. The second kappa shape index (κ2) is 7.18. The molecule has 0 saturated carbocycles. The second-order valence-corrected chi connectivity index (χ2v) is 5.27. The van der Waals surface area contributed by atoms with Gasteiger partial charge >= 0.3 is 6.36 Å². The van der Waals surface area contributed by atoms with Gasteiger partial charge in [-0.25, -0.2) is 4.68 Å². The number of hydrogen-bond acceptors (Lipinski definition) is 4. The van der Waals surface area contributed by atoms with Crippen LogP contribution in [0.15, 0.2) is 30.5 Å². The van der Waals surface area contributed by atoms with Crippen molar-refractivity contribution in [3.8, 4) is 17.3 Å². The summed E-state index contributed by atoms with van der Waals surface area (Å²) in [6.45, 7) is 0.800. The number of benzene rings is 1. The number of halogens is 4. The number of ether oxygens (including phenoxy) is 3. The summed E-state index contributed by atoms with van der Waals surface area (Å²) >= 11 is 2.06. The maximum Gasteiger partial charge on any atom is 0.573 e. The average molecular weight is 428 g/mol. The Morgan fingerprint density at radius 1 is 1.18 bits per heavy atom. The first kappa shape index (κ1) is 16.9. The minimum Gasteiger partial charge on any atom is -0.473 e. The standard InChI is InChI=1S/C13H12F3IN2O3/c1-20-6-7-21-12-11(17)8-19(18-12)9-2-4-10(5-3-9)22-13(14,15)16/h2-5,8H,6-7H2,1H3. The maximum atomic E-state index is 12.1. The van der Waals surface area contributed by atoms with Crippen molar-refractivity contribution in [3.63, 3.8) is 0 Å². The van der Waals surface area contributed by atoms with Gasteiger partial charge in [-0.05, 0) is 46.9 Å². The number of aromatic nitrogens is 2. The fraction of sp³-hybridized carbons (Fsp3) is 0.308. The zero-order valence-electron chi connectivity index (χ0n) is 11.4. The molecule has 2 aromatic rings. The van der Waals surface area contributed by atoms with E-state index in [0.717, 1.165) is 3.57 Å². The van der Waals surface area contributed by atoms with Crippen molar-refractivity contribution < 1.29 is 27.4 Å². The highest BCUT2D eigenvalue weighted by Crippen LogP contribution is 2.25. The smallest absolute Gasteiger partial charge is 0.473 e. The molecular weight excluding hydrogens is 416 g/mol. The number of nitrogens with zero attached hydrogens (tertiary/aromatic N) is 2. The molecule has 0 saturated heterocycles. The summed E-state index contributed by atoms with van der Waals surface area (Å²) in [4.78, 5) is 0. The summed E-state index contributed by atoms with van der Waals surface area (Å²) in [7, 11) is 1.57. The first-order chi connectivity index (χ1) is 10.4. The lowest BCUT2D eigenvalue weighted by atomic mass is 10.3. The van der Waals surface area contributed by atoms with Gasteiger partial charge in [-0.3, -0.25) is 0 Å². The molecule has 120 valence electrons. The summed E-state index contributed by atoms with van der Waals surface area (Å²) in [5, 5.41) is 4.22. The summed E-state index contributed by atoms with van der Waals surface area (Å²) in [6, 6.07) is 5.40. The normalized spacial score (nSPS) is 11.5. The molecule has 0 N–H and O–H groups in total. The van der Waals surface area contributed by atoms with Gasteiger partial charge in [0, 0.05) is 13.3 Å². The predicted molar refractivity (Wildman–Crippen MR) is 80.3 cm³/mol. The van der Waals surface area contributed by atoms with Crippen molar-refractivity contribution in [2.24, 2.45) is 0 Å². The lowest BCUT2D eigenvalue weighted by molar-refractivity contribution is -0.274. The zero-order valence-corrected chi connectivity index (χ0v) is 13.6. The lowest BCUT2D eigenvalue weighted by Crippen LogP contribution is -2.17. The van der Waals surface area contributed by atoms with Crippen LogP contribution in [0.1, 0.15) is 0 Å². The van der Waals surface area contributed by atoms with Gasteiger partial charge < -0.3 is 14.2 Å². The molecule has 0 aliphatic carbocycles. The Balaban J connectivity index is 2.10. The van der Waals surface area contributed by atoms with Crippen LogP contribution < -0.4 is 9.47 Å². The summed E-state index contributed by atoms with van der Waals surface area (Å²) in [6.07, 6.45) is -2.99. The van der Waals surface area contributed by atoms with Crippen LogP contribution in [0.3, 0.4) is 0 Å². The number of rotatable bonds is 6. The maximum absolute atomic E-state index is 12.1. The van der Waals surface area contributed by atoms with Gasteiger partial charge in [0.2, 0.25) is 5.88 Å². The van der Waals surface area contributed by atoms with Crippen molar-refractivity contribution in [1.29, 1.82) is 0 Å². The van der Waals surface area contributed by atoms with Crippen molar-refractivity contribution >= 4 is 22.6 Å². The van der Waals surface area contributed by atoms with E-state index in [1.165, 1.54) is 28.9 Å². The van der Waals surface area contributed by atoms with E-state index in [4.69, 9.17) is 9.47 Å². The molecule has 1 aromatic heterocycles. The van der Waals surface area contributed by atoms with E-state index < -0.39 is 6.36 Å². The average Bonchev–Trinajstić information content (AvgIpc) is 2.80. The molecule has 0 aliphatic rings. The minimum atomic E-state index is -4.70.